The zero-order valence-corrected chi connectivity index (χ0v) is 26.1. The fourth-order valence-corrected chi connectivity index (χ4v) is 5.90. The number of nitrogens with zero attached hydrogens (tertiary/aromatic N) is 6. The van der Waals surface area contributed by atoms with Gasteiger partial charge in [-0.1, -0.05) is 127 Å². The van der Waals surface area contributed by atoms with Gasteiger partial charge >= 0.3 is 0 Å². The summed E-state index contributed by atoms with van der Waals surface area (Å²) in [4.78, 5) is 29.3. The molecule has 49 heavy (non-hydrogen) atoms. The SMILES string of the molecule is c1ccc(-c2nc(-c3ccccc3)nc(-c3ccc(-c4nc(-c5ccc(-c6nc7ccccc7o6)cc5)nc5ccccc45)cc3)n2)cc1. The van der Waals surface area contributed by atoms with E-state index in [0.717, 1.165) is 61.1 Å². The number of rotatable bonds is 6. The lowest BCUT2D eigenvalue weighted by molar-refractivity contribution is 0.620. The lowest BCUT2D eigenvalue weighted by atomic mass is 10.0. The maximum absolute atomic E-state index is 5.98. The van der Waals surface area contributed by atoms with Gasteiger partial charge in [-0.05, 0) is 30.3 Å². The van der Waals surface area contributed by atoms with Gasteiger partial charge in [-0.15, -0.1) is 0 Å². The van der Waals surface area contributed by atoms with E-state index >= 15 is 0 Å². The molecule has 230 valence electrons. The Balaban J connectivity index is 1.09. The molecule has 3 aromatic heterocycles. The Morgan fingerprint density at radius 2 is 0.755 bits per heavy atom. The Morgan fingerprint density at radius 3 is 1.35 bits per heavy atom. The number of para-hydroxylation sites is 3. The molecule has 0 saturated heterocycles. The van der Waals surface area contributed by atoms with Gasteiger partial charge in [0.2, 0.25) is 5.89 Å². The highest BCUT2D eigenvalue weighted by Gasteiger charge is 2.15. The number of hydrogen-bond acceptors (Lipinski definition) is 7. The fourth-order valence-electron chi connectivity index (χ4n) is 5.90. The highest BCUT2D eigenvalue weighted by atomic mass is 16.3. The first kappa shape index (κ1) is 28.4. The molecule has 0 saturated carbocycles. The summed E-state index contributed by atoms with van der Waals surface area (Å²) in [6.45, 7) is 0. The highest BCUT2D eigenvalue weighted by molar-refractivity contribution is 5.94. The van der Waals surface area contributed by atoms with Crippen molar-refractivity contribution in [2.45, 2.75) is 0 Å². The Labute approximate surface area is 281 Å². The molecule has 7 heteroatoms. The molecule has 9 rings (SSSR count). The van der Waals surface area contributed by atoms with Gasteiger partial charge in [0.15, 0.2) is 28.9 Å². The maximum atomic E-state index is 5.98. The molecule has 0 spiro atoms. The molecular weight excluding hydrogens is 605 g/mol. The van der Waals surface area contributed by atoms with Gasteiger partial charge in [0.1, 0.15) is 5.52 Å². The van der Waals surface area contributed by atoms with E-state index in [-0.39, 0.29) is 0 Å². The Morgan fingerprint density at radius 1 is 0.306 bits per heavy atom. The first-order chi connectivity index (χ1) is 24.2. The normalized spacial score (nSPS) is 11.3. The summed E-state index contributed by atoms with van der Waals surface area (Å²) in [6, 6.07) is 52.1. The lowest BCUT2D eigenvalue weighted by Gasteiger charge is -2.11. The van der Waals surface area contributed by atoms with Gasteiger partial charge in [0.05, 0.1) is 11.2 Å². The van der Waals surface area contributed by atoms with Crippen molar-refractivity contribution in [2.24, 2.45) is 0 Å². The third-order valence-corrected chi connectivity index (χ3v) is 8.40. The van der Waals surface area contributed by atoms with Crippen LogP contribution in [-0.2, 0) is 0 Å². The van der Waals surface area contributed by atoms with Crippen LogP contribution < -0.4 is 0 Å². The van der Waals surface area contributed by atoms with Crippen LogP contribution in [0.15, 0.2) is 162 Å². The summed E-state index contributed by atoms with van der Waals surface area (Å²) in [5.74, 6) is 3.08. The molecule has 6 aromatic carbocycles. The molecule has 7 nitrogen and oxygen atoms in total. The van der Waals surface area contributed by atoms with Crippen LogP contribution >= 0.6 is 0 Å². The third-order valence-electron chi connectivity index (χ3n) is 8.40. The van der Waals surface area contributed by atoms with Gasteiger partial charge < -0.3 is 4.42 Å². The average Bonchev–Trinajstić information content (AvgIpc) is 3.63. The van der Waals surface area contributed by atoms with Crippen LogP contribution in [-0.4, -0.2) is 29.9 Å². The van der Waals surface area contributed by atoms with E-state index in [1.165, 1.54) is 0 Å². The minimum atomic E-state index is 0.581. The second kappa shape index (κ2) is 12.1. The number of benzene rings is 6. The van der Waals surface area contributed by atoms with Crippen LogP contribution in [0.5, 0.6) is 0 Å². The summed E-state index contributed by atoms with van der Waals surface area (Å²) >= 11 is 0. The topological polar surface area (TPSA) is 90.5 Å². The minimum Gasteiger partial charge on any atom is -0.436 e. The molecule has 9 aromatic rings. The zero-order valence-electron chi connectivity index (χ0n) is 26.1. The van der Waals surface area contributed by atoms with Crippen LogP contribution in [0.1, 0.15) is 0 Å². The van der Waals surface area contributed by atoms with E-state index in [4.69, 9.17) is 29.3 Å². The quantitative estimate of drug-likeness (QED) is 0.181. The second-order valence-electron chi connectivity index (χ2n) is 11.6. The molecule has 0 fully saturated rings. The van der Waals surface area contributed by atoms with Crippen LogP contribution in [0.4, 0.5) is 0 Å². The summed E-state index contributed by atoms with van der Waals surface area (Å²) in [6.07, 6.45) is 0. The molecule has 0 aliphatic heterocycles. The van der Waals surface area contributed by atoms with E-state index in [1.807, 2.05) is 140 Å². The fraction of sp³-hybridized carbons (Fsp3) is 0. The number of hydrogen-bond donors (Lipinski definition) is 0. The largest absolute Gasteiger partial charge is 0.436 e. The Kier molecular flexibility index (Phi) is 6.98. The molecule has 0 amide bonds. The molecule has 0 atom stereocenters. The monoisotopic (exact) mass is 630 g/mol. The van der Waals surface area contributed by atoms with Crippen LogP contribution in [0.2, 0.25) is 0 Å². The second-order valence-corrected chi connectivity index (χ2v) is 11.6. The van der Waals surface area contributed by atoms with Crippen molar-refractivity contribution in [1.82, 2.24) is 29.9 Å². The molecular formula is C42H26N6O. The van der Waals surface area contributed by atoms with Crippen molar-refractivity contribution >= 4 is 22.0 Å². The molecule has 0 aliphatic rings. The van der Waals surface area contributed by atoms with Crippen LogP contribution in [0.3, 0.4) is 0 Å². The van der Waals surface area contributed by atoms with E-state index in [2.05, 4.69) is 23.2 Å². The van der Waals surface area contributed by atoms with Crippen molar-refractivity contribution < 1.29 is 4.42 Å². The standard InChI is InChI=1S/C42H26N6O/c1-3-11-28(12-4-1)39-46-40(29-13-5-2-6-14-29)48-41(47-39)31-21-19-27(20-22-31)37-33-15-7-8-16-34(33)43-38(45-37)30-23-25-32(26-24-30)42-44-35-17-9-10-18-36(35)49-42/h1-26H. The molecule has 3 heterocycles. The molecule has 0 aliphatic carbocycles. The van der Waals surface area contributed by atoms with Crippen molar-refractivity contribution in [2.75, 3.05) is 0 Å². The molecule has 0 bridgehead atoms. The van der Waals surface area contributed by atoms with Crippen LogP contribution in [0.25, 0.3) is 90.3 Å². The minimum absolute atomic E-state index is 0.581. The predicted octanol–water partition coefficient (Wildman–Crippen LogP) is 9.96. The lowest BCUT2D eigenvalue weighted by Crippen LogP contribution is -2.00. The van der Waals surface area contributed by atoms with Crippen molar-refractivity contribution in [3.05, 3.63) is 158 Å². The Bertz CT molecular complexity index is 2490. The zero-order chi connectivity index (χ0) is 32.6. The summed E-state index contributed by atoms with van der Waals surface area (Å²) in [7, 11) is 0. The van der Waals surface area contributed by atoms with E-state index in [1.54, 1.807) is 0 Å². The number of oxazole rings is 1. The summed E-state index contributed by atoms with van der Waals surface area (Å²) < 4.78 is 5.98. The number of fused-ring (bicyclic) bond motifs is 2. The van der Waals surface area contributed by atoms with E-state index in [9.17, 15) is 0 Å². The highest BCUT2D eigenvalue weighted by Crippen LogP contribution is 2.32. The molecule has 0 N–H and O–H groups in total. The van der Waals surface area contributed by atoms with Gasteiger partial charge in [-0.25, -0.2) is 29.9 Å². The third kappa shape index (κ3) is 5.49. The van der Waals surface area contributed by atoms with Gasteiger partial charge in [-0.2, -0.15) is 0 Å². The van der Waals surface area contributed by atoms with Gasteiger partial charge in [0, 0.05) is 38.8 Å². The van der Waals surface area contributed by atoms with Crippen molar-refractivity contribution in [1.29, 1.82) is 0 Å². The van der Waals surface area contributed by atoms with Gasteiger partial charge in [-0.3, -0.25) is 0 Å². The maximum Gasteiger partial charge on any atom is 0.227 e. The van der Waals surface area contributed by atoms with Crippen molar-refractivity contribution in [3.8, 4) is 68.3 Å². The summed E-state index contributed by atoms with van der Waals surface area (Å²) in [5, 5.41) is 0.972. The summed E-state index contributed by atoms with van der Waals surface area (Å²) in [5.41, 5.74) is 8.81. The van der Waals surface area contributed by atoms with E-state index in [0.29, 0.717) is 29.2 Å². The van der Waals surface area contributed by atoms with Crippen LogP contribution in [0, 0.1) is 0 Å². The average molecular weight is 631 g/mol. The predicted molar refractivity (Wildman–Crippen MR) is 193 cm³/mol. The van der Waals surface area contributed by atoms with Gasteiger partial charge in [0.25, 0.3) is 0 Å². The first-order valence-electron chi connectivity index (χ1n) is 16.0. The van der Waals surface area contributed by atoms with Crippen molar-refractivity contribution in [3.63, 3.8) is 0 Å². The number of aromatic nitrogens is 6. The first-order valence-corrected chi connectivity index (χ1v) is 16.0. The van der Waals surface area contributed by atoms with E-state index < -0.39 is 0 Å². The molecule has 0 unspecified atom stereocenters. The smallest absolute Gasteiger partial charge is 0.227 e. The molecule has 0 radical (unpaired) electrons. The Hall–Kier alpha value is -6.86.